The molecule has 6 rings (SSSR count). The Labute approximate surface area is 294 Å². The zero-order chi connectivity index (χ0) is 35.8. The highest BCUT2D eigenvalue weighted by molar-refractivity contribution is 5.93. The van der Waals surface area contributed by atoms with Crippen molar-refractivity contribution in [3.63, 3.8) is 0 Å². The smallest absolute Gasteiger partial charge is 0.320 e. The van der Waals surface area contributed by atoms with Gasteiger partial charge in [0.05, 0.1) is 17.9 Å². The molecule has 3 amide bonds. The van der Waals surface area contributed by atoms with Crippen LogP contribution in [0, 0.1) is 0 Å². The number of pyridine rings is 1. The van der Waals surface area contributed by atoms with Gasteiger partial charge in [-0.1, -0.05) is 78.6 Å². The largest absolute Gasteiger partial charge is 0.484 e. The van der Waals surface area contributed by atoms with Crippen LogP contribution in [0.15, 0.2) is 48.7 Å². The Hall–Kier alpha value is -4.58. The van der Waals surface area contributed by atoms with Gasteiger partial charge in [0, 0.05) is 29.0 Å². The molecule has 50 heavy (non-hydrogen) atoms. The monoisotopic (exact) mass is 681 g/mol. The van der Waals surface area contributed by atoms with E-state index in [1.807, 2.05) is 75.8 Å². The van der Waals surface area contributed by atoms with Gasteiger partial charge in [0.1, 0.15) is 23.5 Å². The van der Waals surface area contributed by atoms with Gasteiger partial charge < -0.3 is 20.3 Å². The molecule has 0 radical (unpaired) electrons. The number of hydrogen-bond donors (Lipinski definition) is 3. The number of nitrogens with one attached hydrogen (secondary N) is 3. The third-order valence-corrected chi connectivity index (χ3v) is 9.71. The standard InChI is InChI=1S/C38H51N9O3/c1-37(2,3)30-21-31(42-33(41-30)34(48)39-27-15-11-12-16-28(27)46(7)8)43-36(49)40-26-18-19-29(25-14-10-9-13-24(25)26)50-23-17-20-32-44-45-35(38(4,5)6)47(32)22-23/h9-10,13-14,17,20-22,26-29H,11-12,15-16,18-19H2,1-8H3,(H,39,48)(H2,40,41,42,43,49)/t26-,27-,28-,29+/m0/s1. The van der Waals surface area contributed by atoms with Crippen molar-refractivity contribution >= 4 is 23.4 Å². The highest BCUT2D eigenvalue weighted by Crippen LogP contribution is 2.39. The number of nitrogens with zero attached hydrogens (tertiary/aromatic N) is 6. The molecule has 12 heteroatoms. The second-order valence-electron chi connectivity index (χ2n) is 15.9. The lowest BCUT2D eigenvalue weighted by Crippen LogP contribution is -2.51. The second-order valence-corrected chi connectivity index (χ2v) is 15.9. The van der Waals surface area contributed by atoms with Crippen LogP contribution in [-0.4, -0.2) is 67.6 Å². The van der Waals surface area contributed by atoms with Crippen molar-refractivity contribution in [3.05, 3.63) is 77.1 Å². The first-order chi connectivity index (χ1) is 23.7. The van der Waals surface area contributed by atoms with Crippen LogP contribution < -0.4 is 20.7 Å². The summed E-state index contributed by atoms with van der Waals surface area (Å²) in [5, 5.41) is 18.0. The highest BCUT2D eigenvalue weighted by atomic mass is 16.5. The average Bonchev–Trinajstić information content (AvgIpc) is 3.50. The number of hydrogen-bond acceptors (Lipinski definition) is 8. The van der Waals surface area contributed by atoms with E-state index < -0.39 is 6.03 Å². The molecule has 2 aliphatic rings. The van der Waals surface area contributed by atoms with Crippen molar-refractivity contribution in [1.82, 2.24) is 40.1 Å². The van der Waals surface area contributed by atoms with E-state index in [0.717, 1.165) is 54.0 Å². The van der Waals surface area contributed by atoms with Crippen LogP contribution in [0.3, 0.4) is 0 Å². The van der Waals surface area contributed by atoms with Gasteiger partial charge in [-0.05, 0) is 63.0 Å². The molecule has 0 aliphatic heterocycles. The van der Waals surface area contributed by atoms with Crippen LogP contribution in [0.1, 0.15) is 125 Å². The summed E-state index contributed by atoms with van der Waals surface area (Å²) in [4.78, 5) is 38.4. The second kappa shape index (κ2) is 14.0. The van der Waals surface area contributed by atoms with Crippen LogP contribution in [0.4, 0.5) is 10.6 Å². The third kappa shape index (κ3) is 7.75. The fourth-order valence-electron chi connectivity index (χ4n) is 7.08. The number of fused-ring (bicyclic) bond motifs is 2. The Bertz CT molecular complexity index is 1860. The normalized spacial score (nSPS) is 21.1. The summed E-state index contributed by atoms with van der Waals surface area (Å²) < 4.78 is 8.56. The lowest BCUT2D eigenvalue weighted by Gasteiger charge is -2.36. The number of urea groups is 1. The number of benzene rings is 1. The van der Waals surface area contributed by atoms with E-state index in [0.29, 0.717) is 18.5 Å². The minimum absolute atomic E-state index is 0.0128. The summed E-state index contributed by atoms with van der Waals surface area (Å²) in [6.45, 7) is 12.4. The highest BCUT2D eigenvalue weighted by Gasteiger charge is 2.32. The lowest BCUT2D eigenvalue weighted by atomic mass is 9.85. The number of carbonyl (C=O) groups excluding carboxylic acids is 2. The Morgan fingerprint density at radius 3 is 2.32 bits per heavy atom. The van der Waals surface area contributed by atoms with Gasteiger partial charge >= 0.3 is 6.03 Å². The minimum atomic E-state index is -0.401. The van der Waals surface area contributed by atoms with Crippen molar-refractivity contribution in [2.75, 3.05) is 19.4 Å². The maximum atomic E-state index is 13.5. The quantitative estimate of drug-likeness (QED) is 0.201. The average molecular weight is 682 g/mol. The van der Waals surface area contributed by atoms with E-state index in [9.17, 15) is 9.59 Å². The van der Waals surface area contributed by atoms with E-state index in [4.69, 9.17) is 4.74 Å². The molecule has 0 spiro atoms. The molecule has 12 nitrogen and oxygen atoms in total. The molecule has 0 saturated heterocycles. The van der Waals surface area contributed by atoms with E-state index in [2.05, 4.69) is 67.9 Å². The molecule has 0 bridgehead atoms. The molecule has 4 aromatic rings. The fraction of sp³-hybridized carbons (Fsp3) is 0.526. The van der Waals surface area contributed by atoms with Crippen molar-refractivity contribution in [2.45, 2.75) is 115 Å². The number of amides is 3. The van der Waals surface area contributed by atoms with E-state index >= 15 is 0 Å². The summed E-state index contributed by atoms with van der Waals surface area (Å²) in [7, 11) is 4.10. The van der Waals surface area contributed by atoms with Gasteiger partial charge in [0.15, 0.2) is 5.65 Å². The molecule has 4 atom stereocenters. The number of anilines is 1. The maximum Gasteiger partial charge on any atom is 0.320 e. The van der Waals surface area contributed by atoms with Crippen molar-refractivity contribution < 1.29 is 14.3 Å². The first kappa shape index (κ1) is 35.3. The molecule has 1 fully saturated rings. The van der Waals surface area contributed by atoms with Crippen LogP contribution in [0.2, 0.25) is 0 Å². The predicted octanol–water partition coefficient (Wildman–Crippen LogP) is 6.49. The molecule has 2 aliphatic carbocycles. The van der Waals surface area contributed by atoms with Crippen LogP contribution in [0.25, 0.3) is 5.65 Å². The van der Waals surface area contributed by atoms with Gasteiger partial charge in [-0.3, -0.25) is 14.5 Å². The summed E-state index contributed by atoms with van der Waals surface area (Å²) in [5.74, 6) is 1.60. The zero-order valence-electron chi connectivity index (χ0n) is 30.6. The zero-order valence-corrected chi connectivity index (χ0v) is 30.6. The lowest BCUT2D eigenvalue weighted by molar-refractivity contribution is 0.0872. The van der Waals surface area contributed by atoms with Crippen molar-refractivity contribution in [1.29, 1.82) is 0 Å². The maximum absolute atomic E-state index is 13.5. The van der Waals surface area contributed by atoms with E-state index in [-0.39, 0.29) is 52.6 Å². The Morgan fingerprint density at radius 2 is 1.60 bits per heavy atom. The number of ether oxygens (including phenoxy) is 1. The molecule has 3 heterocycles. The Morgan fingerprint density at radius 1 is 0.860 bits per heavy atom. The molecule has 1 saturated carbocycles. The SMILES string of the molecule is CN(C)[C@H]1CCCC[C@@H]1NC(=O)c1nc(NC(=O)N[C@H]2CC[C@@H](Oc3ccc4nnc(C(C)(C)C)n4c3)c3ccccc32)cc(C(C)(C)C)n1. The summed E-state index contributed by atoms with van der Waals surface area (Å²) >= 11 is 0. The molecule has 3 aromatic heterocycles. The fourth-order valence-corrected chi connectivity index (χ4v) is 7.08. The minimum Gasteiger partial charge on any atom is -0.484 e. The van der Waals surface area contributed by atoms with E-state index in [1.165, 1.54) is 0 Å². The van der Waals surface area contributed by atoms with Gasteiger partial charge in [0.2, 0.25) is 5.82 Å². The van der Waals surface area contributed by atoms with Crippen LogP contribution >= 0.6 is 0 Å². The molecular formula is C38H51N9O3. The summed E-state index contributed by atoms with van der Waals surface area (Å²) in [6, 6.07) is 13.3. The molecular weight excluding hydrogens is 630 g/mol. The first-order valence-electron chi connectivity index (χ1n) is 17.7. The first-order valence-corrected chi connectivity index (χ1v) is 17.7. The molecule has 0 unspecified atom stereocenters. The third-order valence-electron chi connectivity index (χ3n) is 9.71. The van der Waals surface area contributed by atoms with Gasteiger partial charge in [-0.15, -0.1) is 10.2 Å². The molecule has 1 aromatic carbocycles. The summed E-state index contributed by atoms with van der Waals surface area (Å²) in [5.41, 5.74) is 2.93. The Balaban J connectivity index is 1.17. The number of carbonyl (C=O) groups is 2. The van der Waals surface area contributed by atoms with E-state index in [1.54, 1.807) is 6.07 Å². The predicted molar refractivity (Wildman–Crippen MR) is 194 cm³/mol. The number of aromatic nitrogens is 5. The van der Waals surface area contributed by atoms with Gasteiger partial charge in [-0.25, -0.2) is 14.8 Å². The number of likely N-dealkylation sites (N-methyl/N-ethyl adjacent to an activating group) is 1. The topological polar surface area (TPSA) is 139 Å². The molecule has 266 valence electrons. The van der Waals surface area contributed by atoms with Gasteiger partial charge in [0.25, 0.3) is 5.91 Å². The summed E-state index contributed by atoms with van der Waals surface area (Å²) in [6.07, 6.45) is 7.30. The van der Waals surface area contributed by atoms with Gasteiger partial charge in [-0.2, -0.15) is 0 Å². The van der Waals surface area contributed by atoms with Crippen molar-refractivity contribution in [3.8, 4) is 5.75 Å². The molecule has 3 N–H and O–H groups in total. The van der Waals surface area contributed by atoms with Crippen LogP contribution in [-0.2, 0) is 10.8 Å². The van der Waals surface area contributed by atoms with Crippen molar-refractivity contribution in [2.24, 2.45) is 0 Å². The van der Waals surface area contributed by atoms with Crippen LogP contribution in [0.5, 0.6) is 5.75 Å². The Kier molecular flexibility index (Phi) is 9.85. The number of rotatable bonds is 7.